The highest BCUT2D eigenvalue weighted by Crippen LogP contribution is 2.25. The van der Waals surface area contributed by atoms with Crippen molar-refractivity contribution in [3.63, 3.8) is 0 Å². The van der Waals surface area contributed by atoms with Crippen LogP contribution in [0.25, 0.3) is 0 Å². The van der Waals surface area contributed by atoms with Crippen LogP contribution in [0.15, 0.2) is 48.5 Å². The largest absolute Gasteiger partial charge is 0.338 e. The number of likely N-dealkylation sites (tertiary alicyclic amines) is 1. The van der Waals surface area contributed by atoms with E-state index in [9.17, 15) is 9.59 Å². The zero-order valence-electron chi connectivity index (χ0n) is 12.8. The molecule has 1 saturated heterocycles. The Bertz CT molecular complexity index is 745. The number of hydrogen-bond acceptors (Lipinski definition) is 2. The molecular weight excluding hydrogens is 347 g/mol. The van der Waals surface area contributed by atoms with E-state index in [1.54, 1.807) is 23.1 Å². The van der Waals surface area contributed by atoms with Gasteiger partial charge in [0.25, 0.3) is 0 Å². The number of nitrogens with one attached hydrogen (secondary N) is 1. The number of anilines is 1. The minimum atomic E-state index is -0.376. The average Bonchev–Trinajstić information content (AvgIpc) is 2.88. The lowest BCUT2D eigenvalue weighted by Crippen LogP contribution is -2.28. The summed E-state index contributed by atoms with van der Waals surface area (Å²) in [5.74, 6) is -0.584. The molecule has 0 bridgehead atoms. The molecule has 0 unspecified atom stereocenters. The number of amides is 2. The maximum absolute atomic E-state index is 12.4. The highest BCUT2D eigenvalue weighted by molar-refractivity contribution is 6.35. The predicted octanol–water partition coefficient (Wildman–Crippen LogP) is 3.98. The van der Waals surface area contributed by atoms with Crippen molar-refractivity contribution in [3.05, 3.63) is 64.1 Å². The van der Waals surface area contributed by atoms with E-state index in [1.165, 1.54) is 0 Å². The lowest BCUT2D eigenvalue weighted by Gasteiger charge is -2.16. The number of nitrogens with zero attached hydrogens (tertiary/aromatic N) is 1. The van der Waals surface area contributed by atoms with Crippen molar-refractivity contribution in [1.29, 1.82) is 0 Å². The van der Waals surface area contributed by atoms with Crippen LogP contribution < -0.4 is 5.32 Å². The Labute approximate surface area is 150 Å². The maximum atomic E-state index is 12.4. The number of benzene rings is 2. The summed E-state index contributed by atoms with van der Waals surface area (Å²) < 4.78 is 0. The summed E-state index contributed by atoms with van der Waals surface area (Å²) >= 11 is 11.9. The molecule has 0 radical (unpaired) electrons. The molecule has 0 saturated carbocycles. The summed E-state index contributed by atoms with van der Waals surface area (Å²) in [6.45, 7) is 0.931. The van der Waals surface area contributed by atoms with E-state index < -0.39 is 0 Å². The molecule has 2 amide bonds. The van der Waals surface area contributed by atoms with Gasteiger partial charge in [-0.2, -0.15) is 0 Å². The molecule has 2 aromatic carbocycles. The molecule has 1 aliphatic heterocycles. The van der Waals surface area contributed by atoms with Crippen molar-refractivity contribution in [2.45, 2.75) is 13.0 Å². The molecular formula is C18H16Cl2N2O2. The first-order valence-corrected chi connectivity index (χ1v) is 8.35. The monoisotopic (exact) mass is 362 g/mol. The molecule has 24 heavy (non-hydrogen) atoms. The molecule has 6 heteroatoms. The molecule has 3 rings (SSSR count). The van der Waals surface area contributed by atoms with Gasteiger partial charge in [0.15, 0.2) is 0 Å². The molecule has 1 fully saturated rings. The normalized spacial score (nSPS) is 17.2. The van der Waals surface area contributed by atoms with Gasteiger partial charge in [-0.3, -0.25) is 9.59 Å². The molecule has 1 atom stereocenters. The van der Waals surface area contributed by atoms with E-state index in [2.05, 4.69) is 5.32 Å². The van der Waals surface area contributed by atoms with E-state index in [0.717, 1.165) is 5.56 Å². The van der Waals surface area contributed by atoms with Crippen molar-refractivity contribution in [1.82, 2.24) is 4.90 Å². The number of carbonyl (C=O) groups is 2. The number of rotatable bonds is 4. The highest BCUT2D eigenvalue weighted by Gasteiger charge is 2.34. The second-order valence-electron chi connectivity index (χ2n) is 5.81. The first-order chi connectivity index (χ1) is 11.5. The van der Waals surface area contributed by atoms with Gasteiger partial charge in [-0.05, 0) is 23.8 Å². The van der Waals surface area contributed by atoms with Gasteiger partial charge in [0.05, 0.1) is 5.92 Å². The van der Waals surface area contributed by atoms with Gasteiger partial charge in [0.2, 0.25) is 11.8 Å². The van der Waals surface area contributed by atoms with Crippen molar-refractivity contribution < 1.29 is 9.59 Å². The summed E-state index contributed by atoms with van der Waals surface area (Å²) in [6.07, 6.45) is 0.215. The van der Waals surface area contributed by atoms with Gasteiger partial charge in [-0.1, -0.05) is 53.5 Å². The van der Waals surface area contributed by atoms with Crippen molar-refractivity contribution in [3.8, 4) is 0 Å². The van der Waals surface area contributed by atoms with Crippen LogP contribution in [0.4, 0.5) is 5.69 Å². The summed E-state index contributed by atoms with van der Waals surface area (Å²) in [5.41, 5.74) is 1.58. The van der Waals surface area contributed by atoms with E-state index in [1.807, 2.05) is 30.3 Å². The van der Waals surface area contributed by atoms with Crippen LogP contribution in [0.5, 0.6) is 0 Å². The fraction of sp³-hybridized carbons (Fsp3) is 0.222. The van der Waals surface area contributed by atoms with Gasteiger partial charge in [0.1, 0.15) is 0 Å². The third kappa shape index (κ3) is 4.08. The van der Waals surface area contributed by atoms with E-state index in [-0.39, 0.29) is 24.2 Å². The van der Waals surface area contributed by atoms with Gasteiger partial charge >= 0.3 is 0 Å². The van der Waals surface area contributed by atoms with Crippen LogP contribution in [0, 0.1) is 5.92 Å². The first kappa shape index (κ1) is 16.8. The van der Waals surface area contributed by atoms with Crippen molar-refractivity contribution in [2.75, 3.05) is 11.9 Å². The van der Waals surface area contributed by atoms with Crippen LogP contribution in [0.1, 0.15) is 12.0 Å². The standard InChI is InChI=1S/C18H16Cl2N2O2/c19-14-7-15(20)9-16(8-14)21-18(24)13-6-17(23)22(11-13)10-12-4-2-1-3-5-12/h1-5,7-9,13H,6,10-11H2,(H,21,24)/t13-/m1/s1. The summed E-state index contributed by atoms with van der Waals surface area (Å²) in [6, 6.07) is 14.6. The minimum absolute atomic E-state index is 0.0110. The quantitative estimate of drug-likeness (QED) is 0.893. The number of halogens is 2. The fourth-order valence-corrected chi connectivity index (χ4v) is 3.30. The average molecular weight is 363 g/mol. The van der Waals surface area contributed by atoms with E-state index in [0.29, 0.717) is 28.8 Å². The predicted molar refractivity (Wildman–Crippen MR) is 95.1 cm³/mol. The van der Waals surface area contributed by atoms with Crippen LogP contribution in [-0.4, -0.2) is 23.3 Å². The molecule has 2 aromatic rings. The Balaban J connectivity index is 1.63. The number of carbonyl (C=O) groups excluding carboxylic acids is 2. The van der Waals surface area contributed by atoms with E-state index in [4.69, 9.17) is 23.2 Å². The molecule has 1 N–H and O–H groups in total. The summed E-state index contributed by atoms with van der Waals surface area (Å²) in [7, 11) is 0. The Kier molecular flexibility index (Phi) is 5.07. The maximum Gasteiger partial charge on any atom is 0.229 e. The summed E-state index contributed by atoms with van der Waals surface area (Å²) in [5, 5.41) is 3.68. The summed E-state index contributed by atoms with van der Waals surface area (Å²) in [4.78, 5) is 26.3. The molecule has 0 spiro atoms. The van der Waals surface area contributed by atoms with Gasteiger partial charge in [-0.15, -0.1) is 0 Å². The molecule has 0 aliphatic carbocycles. The van der Waals surface area contributed by atoms with E-state index >= 15 is 0 Å². The molecule has 1 heterocycles. The fourth-order valence-electron chi connectivity index (χ4n) is 2.77. The third-order valence-corrected chi connectivity index (χ3v) is 4.37. The second kappa shape index (κ2) is 7.24. The first-order valence-electron chi connectivity index (χ1n) is 7.60. The Hall–Kier alpha value is -2.04. The van der Waals surface area contributed by atoms with Crippen LogP contribution in [0.3, 0.4) is 0 Å². The topological polar surface area (TPSA) is 49.4 Å². The molecule has 4 nitrogen and oxygen atoms in total. The Morgan fingerprint density at radius 2 is 1.79 bits per heavy atom. The zero-order chi connectivity index (χ0) is 17.1. The smallest absolute Gasteiger partial charge is 0.229 e. The van der Waals surface area contributed by atoms with Crippen LogP contribution in [0.2, 0.25) is 10.0 Å². The van der Waals surface area contributed by atoms with Crippen LogP contribution in [-0.2, 0) is 16.1 Å². The lowest BCUT2D eigenvalue weighted by molar-refractivity contribution is -0.128. The Morgan fingerprint density at radius 3 is 2.46 bits per heavy atom. The van der Waals surface area contributed by atoms with Gasteiger partial charge in [-0.25, -0.2) is 0 Å². The lowest BCUT2D eigenvalue weighted by atomic mass is 10.1. The van der Waals surface area contributed by atoms with Crippen molar-refractivity contribution in [2.24, 2.45) is 5.92 Å². The number of hydrogen-bond donors (Lipinski definition) is 1. The second-order valence-corrected chi connectivity index (χ2v) is 6.68. The molecule has 1 aliphatic rings. The van der Waals surface area contributed by atoms with Gasteiger partial charge < -0.3 is 10.2 Å². The minimum Gasteiger partial charge on any atom is -0.338 e. The van der Waals surface area contributed by atoms with Gasteiger partial charge in [0, 0.05) is 35.2 Å². The molecule has 124 valence electrons. The zero-order valence-corrected chi connectivity index (χ0v) is 14.3. The molecule has 0 aromatic heterocycles. The van der Waals surface area contributed by atoms with Crippen LogP contribution >= 0.6 is 23.2 Å². The SMILES string of the molecule is O=C(Nc1cc(Cl)cc(Cl)c1)[C@@H]1CC(=O)N(Cc2ccccc2)C1. The Morgan fingerprint density at radius 1 is 1.12 bits per heavy atom. The highest BCUT2D eigenvalue weighted by atomic mass is 35.5. The third-order valence-electron chi connectivity index (χ3n) is 3.93. The van der Waals surface area contributed by atoms with Crippen molar-refractivity contribution >= 4 is 40.7 Å².